The second kappa shape index (κ2) is 4.50. The molecule has 3 atom stereocenters. The maximum absolute atomic E-state index is 12.1. The minimum Gasteiger partial charge on any atom is -0.317 e. The number of hydrogen-bond acceptors (Lipinski definition) is 3. The van der Waals surface area contributed by atoms with Crippen LogP contribution < -0.4 is 0 Å². The SMILES string of the molecule is CCCC[C@@H]1C(=O)N2[C@@H]1SC(C)(C)[C@@H]2C(=O)S. The van der Waals surface area contributed by atoms with Crippen molar-refractivity contribution in [3.8, 4) is 0 Å². The molecule has 0 aromatic heterocycles. The molecule has 1 amide bonds. The molecule has 3 nitrogen and oxygen atoms in total. The largest absolute Gasteiger partial charge is 0.317 e. The number of thioether (sulfide) groups is 1. The molecule has 2 saturated heterocycles. The van der Waals surface area contributed by atoms with Crippen LogP contribution in [-0.2, 0) is 9.59 Å². The summed E-state index contributed by atoms with van der Waals surface area (Å²) in [5.74, 6) is 0.269. The molecule has 5 heteroatoms. The fourth-order valence-electron chi connectivity index (χ4n) is 2.78. The van der Waals surface area contributed by atoms with Crippen LogP contribution in [0.15, 0.2) is 0 Å². The number of carbonyl (C=O) groups excluding carboxylic acids is 2. The Kier molecular flexibility index (Phi) is 3.51. The number of unbranched alkanes of at least 4 members (excludes halogenated alkanes) is 1. The highest BCUT2D eigenvalue weighted by Crippen LogP contribution is 2.54. The summed E-state index contributed by atoms with van der Waals surface area (Å²) in [6.45, 7) is 6.19. The van der Waals surface area contributed by atoms with Crippen molar-refractivity contribution in [3.05, 3.63) is 0 Å². The van der Waals surface area contributed by atoms with E-state index in [-0.39, 0.29) is 33.1 Å². The van der Waals surface area contributed by atoms with E-state index in [0.717, 1.165) is 19.3 Å². The summed E-state index contributed by atoms with van der Waals surface area (Å²) in [6, 6.07) is -0.355. The lowest BCUT2D eigenvalue weighted by Crippen LogP contribution is -2.61. The lowest BCUT2D eigenvalue weighted by atomic mass is 9.89. The van der Waals surface area contributed by atoms with Crippen LogP contribution in [0.1, 0.15) is 40.0 Å². The zero-order chi connectivity index (χ0) is 12.8. The molecule has 96 valence electrons. The molecule has 0 N–H and O–H groups in total. The highest BCUT2D eigenvalue weighted by atomic mass is 32.2. The molecule has 0 unspecified atom stereocenters. The molecule has 0 aliphatic carbocycles. The Labute approximate surface area is 112 Å². The summed E-state index contributed by atoms with van der Waals surface area (Å²) in [6.07, 6.45) is 3.15. The number of amides is 1. The summed E-state index contributed by atoms with van der Waals surface area (Å²) < 4.78 is -0.208. The van der Waals surface area contributed by atoms with E-state index in [1.807, 2.05) is 13.8 Å². The van der Waals surface area contributed by atoms with Gasteiger partial charge in [-0.15, -0.1) is 24.4 Å². The smallest absolute Gasteiger partial charge is 0.230 e. The van der Waals surface area contributed by atoms with Crippen LogP contribution >= 0.6 is 24.4 Å². The van der Waals surface area contributed by atoms with Crippen molar-refractivity contribution in [2.45, 2.75) is 56.2 Å². The Morgan fingerprint density at radius 2 is 2.18 bits per heavy atom. The highest BCUT2D eigenvalue weighted by molar-refractivity contribution is 8.02. The van der Waals surface area contributed by atoms with Crippen LogP contribution in [0, 0.1) is 5.92 Å². The number of rotatable bonds is 4. The van der Waals surface area contributed by atoms with Gasteiger partial charge in [0.1, 0.15) is 6.04 Å². The third kappa shape index (κ3) is 2.01. The van der Waals surface area contributed by atoms with Gasteiger partial charge in [-0.05, 0) is 20.3 Å². The van der Waals surface area contributed by atoms with Crippen molar-refractivity contribution >= 4 is 35.4 Å². The summed E-state index contributed by atoms with van der Waals surface area (Å²) >= 11 is 5.69. The highest BCUT2D eigenvalue weighted by Gasteiger charge is 2.62. The number of β-lactam (4-membered cyclic amide) rings is 1. The average molecular weight is 273 g/mol. The first-order valence-electron chi connectivity index (χ1n) is 6.13. The number of fused-ring (bicyclic) bond motifs is 1. The topological polar surface area (TPSA) is 37.4 Å². The molecule has 0 aromatic rings. The molecular weight excluding hydrogens is 254 g/mol. The Morgan fingerprint density at radius 3 is 2.71 bits per heavy atom. The third-order valence-electron chi connectivity index (χ3n) is 3.65. The first kappa shape index (κ1) is 13.3. The van der Waals surface area contributed by atoms with Crippen LogP contribution in [0.3, 0.4) is 0 Å². The van der Waals surface area contributed by atoms with E-state index >= 15 is 0 Å². The van der Waals surface area contributed by atoms with Crippen LogP contribution in [0.5, 0.6) is 0 Å². The number of thiol groups is 1. The van der Waals surface area contributed by atoms with Crippen molar-refractivity contribution in [2.75, 3.05) is 0 Å². The van der Waals surface area contributed by atoms with Gasteiger partial charge < -0.3 is 4.90 Å². The molecule has 2 rings (SSSR count). The van der Waals surface area contributed by atoms with Crippen molar-refractivity contribution < 1.29 is 9.59 Å². The van der Waals surface area contributed by atoms with Crippen LogP contribution in [0.25, 0.3) is 0 Å². The molecule has 2 fully saturated rings. The van der Waals surface area contributed by atoms with Gasteiger partial charge in [-0.25, -0.2) is 0 Å². The monoisotopic (exact) mass is 273 g/mol. The second-order valence-electron chi connectivity index (χ2n) is 5.35. The Bertz CT molecular complexity index is 356. The molecule has 2 aliphatic heterocycles. The van der Waals surface area contributed by atoms with Gasteiger partial charge in [0.15, 0.2) is 0 Å². The van der Waals surface area contributed by atoms with Gasteiger partial charge >= 0.3 is 0 Å². The van der Waals surface area contributed by atoms with Gasteiger partial charge in [0.25, 0.3) is 0 Å². The van der Waals surface area contributed by atoms with Gasteiger partial charge in [0, 0.05) is 4.75 Å². The molecule has 0 aromatic carbocycles. The Morgan fingerprint density at radius 1 is 1.53 bits per heavy atom. The van der Waals surface area contributed by atoms with Gasteiger partial charge in [0.05, 0.1) is 11.3 Å². The second-order valence-corrected chi connectivity index (χ2v) is 7.56. The van der Waals surface area contributed by atoms with Crippen molar-refractivity contribution in [1.29, 1.82) is 0 Å². The van der Waals surface area contributed by atoms with Gasteiger partial charge in [-0.1, -0.05) is 19.8 Å². The van der Waals surface area contributed by atoms with E-state index in [4.69, 9.17) is 0 Å². The first-order chi connectivity index (χ1) is 7.90. The Hall–Kier alpha value is -0.160. The lowest BCUT2D eigenvalue weighted by molar-refractivity contribution is -0.155. The van der Waals surface area contributed by atoms with E-state index in [2.05, 4.69) is 19.6 Å². The summed E-state index contributed by atoms with van der Waals surface area (Å²) in [7, 11) is 0. The quantitative estimate of drug-likeness (QED) is 0.631. The zero-order valence-corrected chi connectivity index (χ0v) is 12.2. The minimum absolute atomic E-state index is 0.122. The molecule has 2 aliphatic rings. The summed E-state index contributed by atoms with van der Waals surface area (Å²) in [5, 5.41) is 0.0115. The van der Waals surface area contributed by atoms with Crippen molar-refractivity contribution in [3.63, 3.8) is 0 Å². The third-order valence-corrected chi connectivity index (χ3v) is 5.53. The zero-order valence-electron chi connectivity index (χ0n) is 10.5. The van der Waals surface area contributed by atoms with E-state index in [0.29, 0.717) is 0 Å². The molecule has 0 bridgehead atoms. The summed E-state index contributed by atoms with van der Waals surface area (Å²) in [4.78, 5) is 25.4. The molecule has 0 spiro atoms. The summed E-state index contributed by atoms with van der Waals surface area (Å²) in [5.41, 5.74) is 0. The lowest BCUT2D eigenvalue weighted by Gasteiger charge is -2.44. The van der Waals surface area contributed by atoms with Crippen LogP contribution in [-0.4, -0.2) is 32.1 Å². The average Bonchev–Trinajstić information content (AvgIpc) is 2.48. The van der Waals surface area contributed by atoms with E-state index < -0.39 is 0 Å². The normalized spacial score (nSPS) is 34.5. The minimum atomic E-state index is -0.355. The molecule has 0 saturated carbocycles. The van der Waals surface area contributed by atoms with E-state index in [1.54, 1.807) is 16.7 Å². The first-order valence-corrected chi connectivity index (χ1v) is 7.45. The predicted octanol–water partition coefficient (Wildman–Crippen LogP) is 2.31. The van der Waals surface area contributed by atoms with Crippen molar-refractivity contribution in [1.82, 2.24) is 4.90 Å². The van der Waals surface area contributed by atoms with E-state index in [9.17, 15) is 9.59 Å². The van der Waals surface area contributed by atoms with Gasteiger partial charge in [-0.2, -0.15) is 0 Å². The molecular formula is C12H19NO2S2. The predicted molar refractivity (Wildman–Crippen MR) is 73.1 cm³/mol. The number of carbonyl (C=O) groups is 2. The van der Waals surface area contributed by atoms with E-state index in [1.165, 1.54) is 0 Å². The fraction of sp³-hybridized carbons (Fsp3) is 0.833. The maximum Gasteiger partial charge on any atom is 0.230 e. The number of hydrogen-bond donors (Lipinski definition) is 1. The van der Waals surface area contributed by atoms with Crippen molar-refractivity contribution in [2.24, 2.45) is 5.92 Å². The standard InChI is InChI=1S/C12H19NO2S2/c1-4-5-6-7-9(14)13-8(11(15)16)12(2,3)17-10(7)13/h7-8,10H,4-6H2,1-3H3,(H,15,16)/t7-,8+,10-/m1/s1. The molecule has 2 heterocycles. The number of nitrogens with zero attached hydrogens (tertiary/aromatic N) is 1. The molecule has 17 heavy (non-hydrogen) atoms. The maximum atomic E-state index is 12.1. The van der Waals surface area contributed by atoms with Gasteiger partial charge in [0.2, 0.25) is 11.0 Å². The van der Waals surface area contributed by atoms with Crippen LogP contribution in [0.2, 0.25) is 0 Å². The Balaban J connectivity index is 2.13. The fourth-order valence-corrected chi connectivity index (χ4v) is 5.04. The molecule has 0 radical (unpaired) electrons. The van der Waals surface area contributed by atoms with Gasteiger partial charge in [-0.3, -0.25) is 9.59 Å². The van der Waals surface area contributed by atoms with Crippen LogP contribution in [0.4, 0.5) is 0 Å².